The Bertz CT molecular complexity index is 1830. The van der Waals surface area contributed by atoms with E-state index in [1.54, 1.807) is 24.3 Å². The fourth-order valence-electron chi connectivity index (χ4n) is 4.36. The van der Waals surface area contributed by atoms with Crippen molar-refractivity contribution in [3.05, 3.63) is 142 Å². The maximum Gasteiger partial charge on any atom is 0.334 e. The summed E-state index contributed by atoms with van der Waals surface area (Å²) in [6, 6.07) is 35.7. The Morgan fingerprint density at radius 2 is 1.19 bits per heavy atom. The molecule has 2 heterocycles. The molecule has 0 atom stereocenters. The molecule has 6 aromatic rings. The molecule has 7 heteroatoms. The van der Waals surface area contributed by atoms with E-state index < -0.39 is 5.97 Å². The van der Waals surface area contributed by atoms with Crippen LogP contribution in [-0.4, -0.2) is 24.3 Å². The van der Waals surface area contributed by atoms with E-state index in [1.165, 1.54) is 17.4 Å². The summed E-state index contributed by atoms with van der Waals surface area (Å²) < 4.78 is 17.1. The number of hydrogen-bond acceptors (Lipinski definition) is 7. The van der Waals surface area contributed by atoms with E-state index in [2.05, 4.69) is 12.1 Å². The number of ether oxygens (including phenoxy) is 3. The van der Waals surface area contributed by atoms with Crippen molar-refractivity contribution in [2.24, 2.45) is 0 Å². The molecule has 5 nitrogen and oxygen atoms in total. The standard InChI is InChI=1S/C19H16O3S.C17H14O2S/c1-2-21-19(20)13-17(18-11-6-12-23-18)22-16-10-5-8-14-7-3-4-9-15(14)16;18-11-10-16(17-9-4-12-20-17)19-15-8-3-6-13-5-1-2-7-14(13)15/h3-13H,2H2,1H3;1-10,12,18H,11H2/b17-13+;16-10+. The SMILES string of the molecule is CCOC(=O)/C=C(/Oc1cccc2ccccc12)c1cccs1.OC/C=C(/Oc1cccc2ccccc12)c1cccs1. The van der Waals surface area contributed by atoms with Crippen LogP contribution in [0, 0.1) is 0 Å². The van der Waals surface area contributed by atoms with E-state index in [0.29, 0.717) is 23.9 Å². The molecule has 2 aromatic heterocycles. The van der Waals surface area contributed by atoms with Gasteiger partial charge in [-0.15, -0.1) is 22.7 Å². The second kappa shape index (κ2) is 15.0. The number of benzene rings is 4. The van der Waals surface area contributed by atoms with Crippen molar-refractivity contribution in [2.45, 2.75) is 6.92 Å². The number of rotatable bonds is 9. The van der Waals surface area contributed by atoms with E-state index in [1.807, 2.05) is 108 Å². The Hall–Kier alpha value is -4.69. The summed E-state index contributed by atoms with van der Waals surface area (Å²) >= 11 is 3.11. The van der Waals surface area contributed by atoms with Crippen LogP contribution in [0.2, 0.25) is 0 Å². The third-order valence-electron chi connectivity index (χ3n) is 6.28. The summed E-state index contributed by atoms with van der Waals surface area (Å²) in [4.78, 5) is 13.7. The van der Waals surface area contributed by atoms with Crippen LogP contribution in [0.4, 0.5) is 0 Å². The number of fused-ring (bicyclic) bond motifs is 2. The predicted molar refractivity (Wildman–Crippen MR) is 177 cm³/mol. The average Bonchev–Trinajstić information content (AvgIpc) is 3.77. The van der Waals surface area contributed by atoms with Crippen LogP contribution in [0.1, 0.15) is 16.7 Å². The van der Waals surface area contributed by atoms with Gasteiger partial charge in [0, 0.05) is 10.8 Å². The third kappa shape index (κ3) is 7.78. The van der Waals surface area contributed by atoms with Crippen LogP contribution in [0.3, 0.4) is 0 Å². The van der Waals surface area contributed by atoms with Gasteiger partial charge >= 0.3 is 5.97 Å². The second-order valence-corrected chi connectivity index (χ2v) is 11.0. The highest BCUT2D eigenvalue weighted by Gasteiger charge is 2.12. The van der Waals surface area contributed by atoms with Gasteiger partial charge in [0.1, 0.15) is 17.3 Å². The van der Waals surface area contributed by atoms with Gasteiger partial charge in [-0.1, -0.05) is 84.9 Å². The number of carbonyl (C=O) groups is 1. The van der Waals surface area contributed by atoms with Crippen LogP contribution in [0.5, 0.6) is 11.5 Å². The molecule has 0 saturated carbocycles. The molecule has 0 amide bonds. The van der Waals surface area contributed by atoms with E-state index >= 15 is 0 Å². The lowest BCUT2D eigenvalue weighted by Crippen LogP contribution is -2.03. The highest BCUT2D eigenvalue weighted by atomic mass is 32.1. The predicted octanol–water partition coefficient (Wildman–Crippen LogP) is 9.20. The zero-order valence-corrected chi connectivity index (χ0v) is 25.1. The molecule has 43 heavy (non-hydrogen) atoms. The van der Waals surface area contributed by atoms with Crippen LogP contribution in [0.25, 0.3) is 33.1 Å². The molecule has 0 aliphatic carbocycles. The topological polar surface area (TPSA) is 65.0 Å². The van der Waals surface area contributed by atoms with E-state index in [9.17, 15) is 9.90 Å². The van der Waals surface area contributed by atoms with Crippen molar-refractivity contribution in [3.63, 3.8) is 0 Å². The first-order valence-electron chi connectivity index (χ1n) is 13.7. The monoisotopic (exact) mass is 606 g/mol. The van der Waals surface area contributed by atoms with E-state index in [0.717, 1.165) is 37.0 Å². The number of thiophene rings is 2. The van der Waals surface area contributed by atoms with Gasteiger partial charge in [0.15, 0.2) is 5.76 Å². The Labute approximate surface area is 258 Å². The van der Waals surface area contributed by atoms with Crippen molar-refractivity contribution in [1.82, 2.24) is 0 Å². The normalized spacial score (nSPS) is 11.6. The minimum Gasteiger partial charge on any atom is -0.463 e. The molecular formula is C36H30O5S2. The highest BCUT2D eigenvalue weighted by Crippen LogP contribution is 2.32. The largest absolute Gasteiger partial charge is 0.463 e. The second-order valence-electron chi connectivity index (χ2n) is 9.12. The summed E-state index contributed by atoms with van der Waals surface area (Å²) in [6.45, 7) is 2.07. The summed E-state index contributed by atoms with van der Waals surface area (Å²) in [6.07, 6.45) is 3.09. The maximum absolute atomic E-state index is 11.8. The van der Waals surface area contributed by atoms with Gasteiger partial charge in [-0.05, 0) is 58.8 Å². The maximum atomic E-state index is 11.8. The quantitative estimate of drug-likeness (QED) is 0.101. The van der Waals surface area contributed by atoms with Crippen molar-refractivity contribution < 1.29 is 24.1 Å². The third-order valence-corrected chi connectivity index (χ3v) is 8.05. The molecule has 0 radical (unpaired) electrons. The van der Waals surface area contributed by atoms with Gasteiger partial charge in [-0.25, -0.2) is 4.79 Å². The molecule has 0 saturated heterocycles. The lowest BCUT2D eigenvalue weighted by atomic mass is 10.1. The van der Waals surface area contributed by atoms with Crippen molar-refractivity contribution in [1.29, 1.82) is 0 Å². The van der Waals surface area contributed by atoms with Gasteiger partial charge in [0.05, 0.1) is 29.0 Å². The first-order valence-corrected chi connectivity index (χ1v) is 15.5. The van der Waals surface area contributed by atoms with Crippen LogP contribution < -0.4 is 9.47 Å². The zero-order chi connectivity index (χ0) is 29.9. The zero-order valence-electron chi connectivity index (χ0n) is 23.5. The molecule has 0 bridgehead atoms. The van der Waals surface area contributed by atoms with Gasteiger partial charge in [0.25, 0.3) is 0 Å². The van der Waals surface area contributed by atoms with Gasteiger partial charge in [-0.2, -0.15) is 0 Å². The van der Waals surface area contributed by atoms with Crippen LogP contribution in [0.15, 0.2) is 132 Å². The highest BCUT2D eigenvalue weighted by molar-refractivity contribution is 7.11. The minimum atomic E-state index is -0.406. The van der Waals surface area contributed by atoms with Crippen molar-refractivity contribution in [3.8, 4) is 11.5 Å². The molecule has 0 spiro atoms. The fraction of sp³-hybridized carbons (Fsp3) is 0.0833. The summed E-state index contributed by atoms with van der Waals surface area (Å²) in [7, 11) is 0. The number of aliphatic hydroxyl groups excluding tert-OH is 1. The molecular weight excluding hydrogens is 577 g/mol. The van der Waals surface area contributed by atoms with Gasteiger partial charge in [-0.3, -0.25) is 0 Å². The summed E-state index contributed by atoms with van der Waals surface area (Å²) in [5.74, 6) is 2.30. The number of esters is 1. The molecule has 0 unspecified atom stereocenters. The van der Waals surface area contributed by atoms with Gasteiger partial charge < -0.3 is 19.3 Å². The van der Waals surface area contributed by atoms with E-state index in [4.69, 9.17) is 14.2 Å². The first kappa shape index (κ1) is 29.8. The number of aliphatic hydroxyl groups is 1. The molecule has 0 aliphatic rings. The van der Waals surface area contributed by atoms with Crippen LogP contribution >= 0.6 is 22.7 Å². The molecule has 0 fully saturated rings. The van der Waals surface area contributed by atoms with Crippen molar-refractivity contribution in [2.75, 3.05) is 13.2 Å². The average molecular weight is 607 g/mol. The first-order chi connectivity index (χ1) is 21.2. The minimum absolute atomic E-state index is 0.0437. The molecule has 6 rings (SSSR count). The Morgan fingerprint density at radius 3 is 1.70 bits per heavy atom. The summed E-state index contributed by atoms with van der Waals surface area (Å²) in [5, 5.41) is 17.4. The fourth-order valence-corrected chi connectivity index (χ4v) is 5.74. The Morgan fingerprint density at radius 1 is 0.674 bits per heavy atom. The van der Waals surface area contributed by atoms with Gasteiger partial charge in [0.2, 0.25) is 0 Å². The molecule has 216 valence electrons. The Balaban J connectivity index is 0.000000173. The number of hydrogen-bond donors (Lipinski definition) is 1. The van der Waals surface area contributed by atoms with E-state index in [-0.39, 0.29) is 6.61 Å². The summed E-state index contributed by atoms with van der Waals surface area (Å²) in [5.41, 5.74) is 0. The smallest absolute Gasteiger partial charge is 0.334 e. The number of carbonyl (C=O) groups excluding carboxylic acids is 1. The molecule has 4 aromatic carbocycles. The lowest BCUT2D eigenvalue weighted by Gasteiger charge is -2.11. The molecule has 0 aliphatic heterocycles. The molecule has 1 N–H and O–H groups in total. The Kier molecular flexibility index (Phi) is 10.4. The lowest BCUT2D eigenvalue weighted by molar-refractivity contribution is -0.137. The van der Waals surface area contributed by atoms with Crippen molar-refractivity contribution >= 4 is 61.7 Å². The van der Waals surface area contributed by atoms with Crippen LogP contribution in [-0.2, 0) is 9.53 Å².